The fraction of sp³-hybridized carbons (Fsp3) is 0.750. The minimum atomic E-state index is 0.0576. The molecule has 2 rings (SSSR count). The highest BCUT2D eigenvalue weighted by molar-refractivity contribution is 7.09. The van der Waals surface area contributed by atoms with E-state index in [1.165, 1.54) is 32.1 Å². The van der Waals surface area contributed by atoms with Crippen LogP contribution in [-0.4, -0.2) is 46.6 Å². The number of carbonyl (C=O) groups is 1. The molecule has 6 heteroatoms. The highest BCUT2D eigenvalue weighted by Crippen LogP contribution is 2.17. The third kappa shape index (κ3) is 6.42. The van der Waals surface area contributed by atoms with E-state index in [9.17, 15) is 9.90 Å². The first kappa shape index (κ1) is 17.4. The molecule has 1 heterocycles. The van der Waals surface area contributed by atoms with E-state index in [4.69, 9.17) is 0 Å². The second-order valence-electron chi connectivity index (χ2n) is 5.97. The van der Waals surface area contributed by atoms with Gasteiger partial charge < -0.3 is 10.4 Å². The van der Waals surface area contributed by atoms with Crippen molar-refractivity contribution < 1.29 is 9.90 Å². The number of aliphatic hydroxyl groups excluding tert-OH is 1. The SMILES string of the molecule is O=C(CN(CCO)Cc1nccs1)NC1CCCCCCC1. The Hall–Kier alpha value is -0.980. The first-order chi connectivity index (χ1) is 10.8. The predicted octanol–water partition coefficient (Wildman–Crippen LogP) is 2.17. The van der Waals surface area contributed by atoms with Crippen LogP contribution in [0.5, 0.6) is 0 Å². The van der Waals surface area contributed by atoms with Crippen molar-refractivity contribution >= 4 is 17.2 Å². The lowest BCUT2D eigenvalue weighted by Gasteiger charge is -2.24. The summed E-state index contributed by atoms with van der Waals surface area (Å²) in [6.45, 7) is 1.51. The third-order valence-electron chi connectivity index (χ3n) is 4.10. The molecule has 124 valence electrons. The molecular formula is C16H27N3O2S. The normalized spacial score (nSPS) is 17.2. The van der Waals surface area contributed by atoms with Gasteiger partial charge in [-0.3, -0.25) is 9.69 Å². The molecule has 1 amide bonds. The van der Waals surface area contributed by atoms with E-state index in [2.05, 4.69) is 10.3 Å². The Morgan fingerprint density at radius 3 is 2.68 bits per heavy atom. The smallest absolute Gasteiger partial charge is 0.234 e. The summed E-state index contributed by atoms with van der Waals surface area (Å²) in [5.74, 6) is 0.0654. The van der Waals surface area contributed by atoms with Gasteiger partial charge in [-0.25, -0.2) is 4.98 Å². The van der Waals surface area contributed by atoms with Crippen LogP contribution in [0.4, 0.5) is 0 Å². The Balaban J connectivity index is 1.79. The van der Waals surface area contributed by atoms with E-state index in [1.54, 1.807) is 17.5 Å². The van der Waals surface area contributed by atoms with Crippen LogP contribution in [0.15, 0.2) is 11.6 Å². The van der Waals surface area contributed by atoms with Crippen molar-refractivity contribution in [3.63, 3.8) is 0 Å². The molecule has 1 aromatic heterocycles. The fourth-order valence-corrected chi connectivity index (χ4v) is 3.61. The number of carbonyl (C=O) groups excluding carboxylic acids is 1. The summed E-state index contributed by atoms with van der Waals surface area (Å²) in [7, 11) is 0. The molecule has 0 aromatic carbocycles. The van der Waals surface area contributed by atoms with E-state index in [0.29, 0.717) is 25.7 Å². The quantitative estimate of drug-likeness (QED) is 0.806. The Morgan fingerprint density at radius 2 is 2.05 bits per heavy atom. The Morgan fingerprint density at radius 1 is 1.32 bits per heavy atom. The maximum absolute atomic E-state index is 12.3. The minimum Gasteiger partial charge on any atom is -0.395 e. The highest BCUT2D eigenvalue weighted by Gasteiger charge is 2.17. The number of aromatic nitrogens is 1. The van der Waals surface area contributed by atoms with Gasteiger partial charge in [0.1, 0.15) is 5.01 Å². The van der Waals surface area contributed by atoms with Crippen LogP contribution in [0.2, 0.25) is 0 Å². The van der Waals surface area contributed by atoms with Gasteiger partial charge in [-0.15, -0.1) is 11.3 Å². The Labute approximate surface area is 136 Å². The second-order valence-corrected chi connectivity index (χ2v) is 6.95. The molecule has 1 aromatic rings. The standard InChI is InChI=1S/C16H27N3O2S/c20-10-9-19(13-16-17-8-11-22-16)12-15(21)18-14-6-4-2-1-3-5-7-14/h8,11,14,20H,1-7,9-10,12-13H2,(H,18,21). The lowest BCUT2D eigenvalue weighted by Crippen LogP contribution is -2.42. The molecule has 0 aliphatic heterocycles. The summed E-state index contributed by atoms with van der Waals surface area (Å²) in [6, 6.07) is 0.323. The second kappa shape index (κ2) is 9.92. The largest absolute Gasteiger partial charge is 0.395 e. The zero-order chi connectivity index (χ0) is 15.6. The van der Waals surface area contributed by atoms with Crippen LogP contribution in [-0.2, 0) is 11.3 Å². The molecular weight excluding hydrogens is 298 g/mol. The monoisotopic (exact) mass is 325 g/mol. The van der Waals surface area contributed by atoms with Crippen molar-refractivity contribution in [1.29, 1.82) is 0 Å². The molecule has 0 radical (unpaired) electrons. The number of rotatable bonds is 7. The number of nitrogens with one attached hydrogen (secondary N) is 1. The van der Waals surface area contributed by atoms with E-state index >= 15 is 0 Å². The summed E-state index contributed by atoms with van der Waals surface area (Å²) >= 11 is 1.58. The topological polar surface area (TPSA) is 65.5 Å². The van der Waals surface area contributed by atoms with E-state index in [1.807, 2.05) is 10.3 Å². The number of hydrogen-bond donors (Lipinski definition) is 2. The zero-order valence-corrected chi connectivity index (χ0v) is 14.0. The Kier molecular flexibility index (Phi) is 7.83. The van der Waals surface area contributed by atoms with E-state index in [0.717, 1.165) is 17.8 Å². The maximum Gasteiger partial charge on any atom is 0.234 e. The van der Waals surface area contributed by atoms with E-state index in [-0.39, 0.29) is 12.5 Å². The number of aliphatic hydroxyl groups is 1. The van der Waals surface area contributed by atoms with Crippen molar-refractivity contribution in [2.24, 2.45) is 0 Å². The van der Waals surface area contributed by atoms with Gasteiger partial charge in [-0.2, -0.15) is 0 Å². The number of amides is 1. The molecule has 1 saturated carbocycles. The van der Waals surface area contributed by atoms with Crippen molar-refractivity contribution in [3.05, 3.63) is 16.6 Å². The van der Waals surface area contributed by atoms with Crippen molar-refractivity contribution in [2.75, 3.05) is 19.7 Å². The summed E-state index contributed by atoms with van der Waals surface area (Å²) in [4.78, 5) is 18.5. The number of thiazole rings is 1. The average molecular weight is 325 g/mol. The molecule has 1 aliphatic carbocycles. The average Bonchev–Trinajstić information content (AvgIpc) is 2.95. The van der Waals surface area contributed by atoms with Gasteiger partial charge in [-0.1, -0.05) is 32.1 Å². The first-order valence-electron chi connectivity index (χ1n) is 8.29. The molecule has 1 fully saturated rings. The van der Waals surface area contributed by atoms with Crippen LogP contribution in [0.3, 0.4) is 0 Å². The van der Waals surface area contributed by atoms with Crippen LogP contribution in [0.25, 0.3) is 0 Å². The molecule has 2 N–H and O–H groups in total. The van der Waals surface area contributed by atoms with Crippen molar-refractivity contribution in [3.8, 4) is 0 Å². The van der Waals surface area contributed by atoms with Gasteiger partial charge in [0, 0.05) is 24.2 Å². The van der Waals surface area contributed by atoms with Crippen molar-refractivity contribution in [2.45, 2.75) is 57.5 Å². The third-order valence-corrected chi connectivity index (χ3v) is 4.86. The predicted molar refractivity (Wildman–Crippen MR) is 88.7 cm³/mol. The van der Waals surface area contributed by atoms with E-state index < -0.39 is 0 Å². The molecule has 5 nitrogen and oxygen atoms in total. The molecule has 1 aliphatic rings. The number of hydrogen-bond acceptors (Lipinski definition) is 5. The minimum absolute atomic E-state index is 0.0576. The van der Waals surface area contributed by atoms with Gasteiger partial charge >= 0.3 is 0 Å². The summed E-state index contributed by atoms with van der Waals surface area (Å²) in [5, 5.41) is 15.3. The molecule has 22 heavy (non-hydrogen) atoms. The fourth-order valence-electron chi connectivity index (χ4n) is 2.95. The van der Waals surface area contributed by atoms with Gasteiger partial charge in [0.05, 0.1) is 19.7 Å². The summed E-state index contributed by atoms with van der Waals surface area (Å²) < 4.78 is 0. The van der Waals surface area contributed by atoms with Crippen LogP contribution in [0, 0.1) is 0 Å². The van der Waals surface area contributed by atoms with Crippen LogP contribution in [0.1, 0.15) is 50.0 Å². The molecule has 0 bridgehead atoms. The molecule has 0 unspecified atom stereocenters. The lowest BCUT2D eigenvalue weighted by molar-refractivity contribution is -0.123. The lowest BCUT2D eigenvalue weighted by atomic mass is 9.97. The van der Waals surface area contributed by atoms with Gasteiger partial charge in [0.2, 0.25) is 5.91 Å². The van der Waals surface area contributed by atoms with Crippen LogP contribution < -0.4 is 5.32 Å². The first-order valence-corrected chi connectivity index (χ1v) is 9.17. The zero-order valence-electron chi connectivity index (χ0n) is 13.2. The Bertz CT molecular complexity index is 417. The van der Waals surface area contributed by atoms with Gasteiger partial charge in [0.15, 0.2) is 0 Å². The number of nitrogens with zero attached hydrogens (tertiary/aromatic N) is 2. The molecule has 0 atom stereocenters. The summed E-state index contributed by atoms with van der Waals surface area (Å²) in [5.41, 5.74) is 0. The summed E-state index contributed by atoms with van der Waals surface area (Å²) in [6.07, 6.45) is 10.3. The highest BCUT2D eigenvalue weighted by atomic mass is 32.1. The van der Waals surface area contributed by atoms with Crippen LogP contribution >= 0.6 is 11.3 Å². The molecule has 0 spiro atoms. The van der Waals surface area contributed by atoms with Crippen molar-refractivity contribution in [1.82, 2.24) is 15.2 Å². The maximum atomic E-state index is 12.3. The van der Waals surface area contributed by atoms with Gasteiger partial charge in [-0.05, 0) is 12.8 Å². The molecule has 0 saturated heterocycles. The van der Waals surface area contributed by atoms with Gasteiger partial charge in [0.25, 0.3) is 0 Å².